The first kappa shape index (κ1) is 17.1. The number of halogens is 2. The number of benzene rings is 3. The van der Waals surface area contributed by atoms with Crippen molar-refractivity contribution in [1.82, 2.24) is 0 Å². The van der Waals surface area contributed by atoms with E-state index in [9.17, 15) is 4.79 Å². The SMILES string of the molecule is COc1cc2c(c(Cl)c1Cl)C(=O)C(c1ccccc1)(c1ccccc1)C2. The zero-order valence-electron chi connectivity index (χ0n) is 14.1. The lowest BCUT2D eigenvalue weighted by molar-refractivity contribution is 0.0929. The van der Waals surface area contributed by atoms with Crippen LogP contribution in [0.15, 0.2) is 66.7 Å². The Labute approximate surface area is 162 Å². The minimum Gasteiger partial charge on any atom is -0.495 e. The second-order valence-electron chi connectivity index (χ2n) is 6.38. The van der Waals surface area contributed by atoms with Gasteiger partial charge in [0.05, 0.1) is 17.5 Å². The molecule has 0 spiro atoms. The summed E-state index contributed by atoms with van der Waals surface area (Å²) in [4.78, 5) is 13.7. The molecule has 0 amide bonds. The summed E-state index contributed by atoms with van der Waals surface area (Å²) in [5.74, 6) is 0.458. The van der Waals surface area contributed by atoms with Crippen LogP contribution >= 0.6 is 23.2 Å². The number of fused-ring (bicyclic) bond motifs is 1. The smallest absolute Gasteiger partial charge is 0.179 e. The van der Waals surface area contributed by atoms with Crippen LogP contribution in [0.25, 0.3) is 0 Å². The van der Waals surface area contributed by atoms with Crippen LogP contribution in [0.1, 0.15) is 27.0 Å². The molecule has 3 aromatic carbocycles. The maximum absolute atomic E-state index is 13.7. The van der Waals surface area contributed by atoms with Crippen LogP contribution in [0.5, 0.6) is 5.75 Å². The number of hydrogen-bond donors (Lipinski definition) is 0. The van der Waals surface area contributed by atoms with Crippen molar-refractivity contribution in [2.45, 2.75) is 11.8 Å². The highest BCUT2D eigenvalue weighted by Crippen LogP contribution is 2.50. The standard InChI is InChI=1S/C22H16Cl2O2/c1-26-17-12-14-13-22(15-8-4-2-5-9-15,16-10-6-3-7-11-16)21(25)18(14)20(24)19(17)23/h2-12H,13H2,1H3. The fraction of sp³-hybridized carbons (Fsp3) is 0.136. The summed E-state index contributed by atoms with van der Waals surface area (Å²) in [6, 6.07) is 21.5. The van der Waals surface area contributed by atoms with E-state index in [0.717, 1.165) is 16.7 Å². The molecule has 0 saturated carbocycles. The van der Waals surface area contributed by atoms with Crippen LogP contribution < -0.4 is 4.74 Å². The maximum atomic E-state index is 13.7. The second kappa shape index (κ2) is 6.46. The molecule has 1 aliphatic carbocycles. The van der Waals surface area contributed by atoms with Gasteiger partial charge in [0.2, 0.25) is 0 Å². The number of ketones is 1. The van der Waals surface area contributed by atoms with Crippen molar-refractivity contribution >= 4 is 29.0 Å². The van der Waals surface area contributed by atoms with Gasteiger partial charge in [0.15, 0.2) is 5.78 Å². The molecule has 4 heteroatoms. The van der Waals surface area contributed by atoms with Crippen LogP contribution in [0.3, 0.4) is 0 Å². The van der Waals surface area contributed by atoms with Crippen LogP contribution in [0, 0.1) is 0 Å². The summed E-state index contributed by atoms with van der Waals surface area (Å²) in [5.41, 5.74) is 2.42. The number of methoxy groups -OCH3 is 1. The Morgan fingerprint density at radius 3 is 1.92 bits per heavy atom. The zero-order valence-corrected chi connectivity index (χ0v) is 15.6. The van der Waals surface area contributed by atoms with E-state index < -0.39 is 5.41 Å². The Morgan fingerprint density at radius 2 is 1.42 bits per heavy atom. The number of Topliss-reactive ketones (excluding diaryl/α,β-unsaturated/α-hetero) is 1. The predicted octanol–water partition coefficient (Wildman–Crippen LogP) is 5.73. The number of hydrogen-bond acceptors (Lipinski definition) is 2. The van der Waals surface area contributed by atoms with Gasteiger partial charge in [-0.25, -0.2) is 0 Å². The molecule has 0 fully saturated rings. The molecular weight excluding hydrogens is 367 g/mol. The van der Waals surface area contributed by atoms with E-state index in [4.69, 9.17) is 27.9 Å². The van der Waals surface area contributed by atoms with E-state index in [-0.39, 0.29) is 15.8 Å². The number of carbonyl (C=O) groups excluding carboxylic acids is 1. The lowest BCUT2D eigenvalue weighted by Crippen LogP contribution is -2.34. The van der Waals surface area contributed by atoms with Gasteiger partial charge in [-0.3, -0.25) is 4.79 Å². The molecule has 1 aliphatic rings. The topological polar surface area (TPSA) is 26.3 Å². The summed E-state index contributed by atoms with van der Waals surface area (Å²) in [7, 11) is 1.54. The van der Waals surface area contributed by atoms with Gasteiger partial charge in [-0.05, 0) is 29.2 Å². The summed E-state index contributed by atoms with van der Waals surface area (Å²) >= 11 is 12.8. The van der Waals surface area contributed by atoms with E-state index in [0.29, 0.717) is 17.7 Å². The Morgan fingerprint density at radius 1 is 0.885 bits per heavy atom. The third kappa shape index (κ3) is 2.37. The molecule has 0 saturated heterocycles. The van der Waals surface area contributed by atoms with E-state index in [1.807, 2.05) is 66.7 Å². The van der Waals surface area contributed by atoms with Crippen LogP contribution in [0.2, 0.25) is 10.0 Å². The van der Waals surface area contributed by atoms with Gasteiger partial charge < -0.3 is 4.74 Å². The molecule has 0 unspecified atom stereocenters. The van der Waals surface area contributed by atoms with Crippen molar-refractivity contribution in [3.63, 3.8) is 0 Å². The Balaban J connectivity index is 2.01. The van der Waals surface area contributed by atoms with E-state index in [1.165, 1.54) is 0 Å². The van der Waals surface area contributed by atoms with Crippen LogP contribution in [-0.4, -0.2) is 12.9 Å². The minimum atomic E-state index is -0.815. The minimum absolute atomic E-state index is 0.0283. The van der Waals surface area contributed by atoms with Crippen molar-refractivity contribution < 1.29 is 9.53 Å². The van der Waals surface area contributed by atoms with Crippen molar-refractivity contribution in [1.29, 1.82) is 0 Å². The van der Waals surface area contributed by atoms with Gasteiger partial charge in [0.25, 0.3) is 0 Å². The Bertz CT molecular complexity index is 943. The molecule has 130 valence electrons. The second-order valence-corrected chi connectivity index (χ2v) is 7.14. The zero-order chi connectivity index (χ0) is 18.3. The molecule has 0 atom stereocenters. The average Bonchev–Trinajstić information content (AvgIpc) is 2.99. The molecule has 0 radical (unpaired) electrons. The van der Waals surface area contributed by atoms with E-state index >= 15 is 0 Å². The molecule has 0 bridgehead atoms. The van der Waals surface area contributed by atoms with Gasteiger partial charge >= 0.3 is 0 Å². The third-order valence-corrected chi connectivity index (χ3v) is 5.93. The van der Waals surface area contributed by atoms with Gasteiger partial charge in [-0.2, -0.15) is 0 Å². The van der Waals surface area contributed by atoms with Crippen molar-refractivity contribution in [3.05, 3.63) is 99.0 Å². The molecule has 3 aromatic rings. The average molecular weight is 383 g/mol. The number of ether oxygens (including phenoxy) is 1. The summed E-state index contributed by atoms with van der Waals surface area (Å²) < 4.78 is 5.34. The van der Waals surface area contributed by atoms with Crippen molar-refractivity contribution in [2.75, 3.05) is 7.11 Å². The predicted molar refractivity (Wildman–Crippen MR) is 105 cm³/mol. The number of carbonyl (C=O) groups is 1. The molecule has 4 rings (SSSR count). The highest BCUT2D eigenvalue weighted by Gasteiger charge is 2.49. The fourth-order valence-corrected chi connectivity index (χ4v) is 4.37. The fourth-order valence-electron chi connectivity index (χ4n) is 3.84. The molecule has 2 nitrogen and oxygen atoms in total. The van der Waals surface area contributed by atoms with Gasteiger partial charge in [0, 0.05) is 5.56 Å². The third-order valence-electron chi connectivity index (χ3n) is 5.08. The van der Waals surface area contributed by atoms with Gasteiger partial charge in [0.1, 0.15) is 10.8 Å². The molecule has 0 heterocycles. The highest BCUT2D eigenvalue weighted by atomic mass is 35.5. The van der Waals surface area contributed by atoms with Gasteiger partial charge in [-0.1, -0.05) is 83.9 Å². The summed E-state index contributed by atoms with van der Waals surface area (Å²) in [5, 5.41) is 0.540. The quantitative estimate of drug-likeness (QED) is 0.578. The maximum Gasteiger partial charge on any atom is 0.179 e. The first-order valence-corrected chi connectivity index (χ1v) is 9.06. The monoisotopic (exact) mass is 382 g/mol. The molecular formula is C22H16Cl2O2. The van der Waals surface area contributed by atoms with Crippen molar-refractivity contribution in [2.24, 2.45) is 0 Å². The molecule has 26 heavy (non-hydrogen) atoms. The van der Waals surface area contributed by atoms with Crippen molar-refractivity contribution in [3.8, 4) is 5.75 Å². The normalized spacial score (nSPS) is 15.0. The lowest BCUT2D eigenvalue weighted by Gasteiger charge is -2.29. The van der Waals surface area contributed by atoms with Crippen LogP contribution in [0.4, 0.5) is 0 Å². The first-order chi connectivity index (χ1) is 12.6. The van der Waals surface area contributed by atoms with E-state index in [1.54, 1.807) is 7.11 Å². The molecule has 0 N–H and O–H groups in total. The largest absolute Gasteiger partial charge is 0.495 e. The van der Waals surface area contributed by atoms with E-state index in [2.05, 4.69) is 0 Å². The Hall–Kier alpha value is -2.29. The highest BCUT2D eigenvalue weighted by molar-refractivity contribution is 6.45. The lowest BCUT2D eigenvalue weighted by atomic mass is 9.71. The molecule has 0 aromatic heterocycles. The summed E-state index contributed by atoms with van der Waals surface area (Å²) in [6.07, 6.45) is 0.516. The van der Waals surface area contributed by atoms with Crippen LogP contribution in [-0.2, 0) is 11.8 Å². The summed E-state index contributed by atoms with van der Waals surface area (Å²) in [6.45, 7) is 0. The van der Waals surface area contributed by atoms with Gasteiger partial charge in [-0.15, -0.1) is 0 Å². The Kier molecular flexibility index (Phi) is 4.26. The number of rotatable bonds is 3. The first-order valence-electron chi connectivity index (χ1n) is 8.30. The molecule has 0 aliphatic heterocycles.